The van der Waals surface area contributed by atoms with Gasteiger partial charge in [-0.1, -0.05) is 13.0 Å². The van der Waals surface area contributed by atoms with Gasteiger partial charge in [-0.25, -0.2) is 13.4 Å². The van der Waals surface area contributed by atoms with E-state index < -0.39 is 9.05 Å². The molecule has 0 spiro atoms. The molecular weight excluding hydrogens is 272 g/mol. The van der Waals surface area contributed by atoms with Crippen LogP contribution < -0.4 is 0 Å². The summed E-state index contributed by atoms with van der Waals surface area (Å²) in [5.41, 5.74) is 2.37. The Morgan fingerprint density at radius 2 is 2.22 bits per heavy atom. The van der Waals surface area contributed by atoms with Gasteiger partial charge in [-0.3, -0.25) is 4.40 Å². The van der Waals surface area contributed by atoms with Crippen molar-refractivity contribution in [2.24, 2.45) is 0 Å². The zero-order valence-electron chi connectivity index (χ0n) is 9.93. The molecule has 2 aromatic heterocycles. The lowest BCUT2D eigenvalue weighted by Gasteiger charge is -2.01. The van der Waals surface area contributed by atoms with E-state index in [0.717, 1.165) is 24.8 Å². The summed E-state index contributed by atoms with van der Waals surface area (Å²) in [4.78, 5) is 4.51. The Morgan fingerprint density at radius 1 is 1.50 bits per heavy atom. The van der Waals surface area contributed by atoms with E-state index in [1.807, 2.05) is 19.1 Å². The fourth-order valence-corrected chi connectivity index (χ4v) is 3.57. The van der Waals surface area contributed by atoms with E-state index in [-0.39, 0.29) is 10.9 Å². The van der Waals surface area contributed by atoms with Gasteiger partial charge in [-0.15, -0.1) is 0 Å². The highest BCUT2D eigenvalue weighted by molar-refractivity contribution is 8.13. The summed E-state index contributed by atoms with van der Waals surface area (Å²) in [5, 5.41) is 0.150. The van der Waals surface area contributed by atoms with Gasteiger partial charge in [0.15, 0.2) is 5.03 Å². The predicted molar refractivity (Wildman–Crippen MR) is 69.6 cm³/mol. The molecule has 0 amide bonds. The molecule has 2 heterocycles. The van der Waals surface area contributed by atoms with Gasteiger partial charge in [-0.05, 0) is 30.9 Å². The first-order chi connectivity index (χ1) is 8.52. The molecule has 0 bridgehead atoms. The van der Waals surface area contributed by atoms with Crippen LogP contribution in [0.2, 0.25) is 0 Å². The fraction of sp³-hybridized carbons (Fsp3) is 0.417. The number of hydrogen-bond acceptors (Lipinski definition) is 3. The summed E-state index contributed by atoms with van der Waals surface area (Å²) in [6.45, 7) is 2.02. The molecule has 1 aliphatic carbocycles. The third kappa shape index (κ3) is 1.82. The minimum Gasteiger partial charge on any atom is -0.289 e. The van der Waals surface area contributed by atoms with Gasteiger partial charge in [0.2, 0.25) is 0 Å². The average molecular weight is 285 g/mol. The zero-order valence-corrected chi connectivity index (χ0v) is 11.5. The van der Waals surface area contributed by atoms with Crippen LogP contribution in [0.5, 0.6) is 0 Å². The van der Waals surface area contributed by atoms with Crippen LogP contribution in [0.15, 0.2) is 23.4 Å². The predicted octanol–water partition coefficient (Wildman–Crippen LogP) is 2.70. The maximum Gasteiger partial charge on any atom is 0.279 e. The van der Waals surface area contributed by atoms with E-state index in [2.05, 4.69) is 4.98 Å². The molecule has 0 radical (unpaired) electrons. The van der Waals surface area contributed by atoms with Crippen LogP contribution in [0, 0.1) is 0 Å². The summed E-state index contributed by atoms with van der Waals surface area (Å²) in [7, 11) is 1.79. The molecule has 0 aliphatic heterocycles. The van der Waals surface area contributed by atoms with Crippen molar-refractivity contribution in [2.75, 3.05) is 0 Å². The number of hydrogen-bond donors (Lipinski definition) is 0. The van der Waals surface area contributed by atoms with E-state index in [1.54, 1.807) is 10.6 Å². The topological polar surface area (TPSA) is 51.4 Å². The Balaban J connectivity index is 2.40. The average Bonchev–Trinajstić information content (AvgIpc) is 3.06. The van der Waals surface area contributed by atoms with Crippen LogP contribution in [-0.2, 0) is 15.5 Å². The van der Waals surface area contributed by atoms with Gasteiger partial charge in [-0.2, -0.15) is 0 Å². The number of halogens is 1. The van der Waals surface area contributed by atoms with Gasteiger partial charge in [0.05, 0.1) is 5.69 Å². The van der Waals surface area contributed by atoms with Crippen molar-refractivity contribution >= 4 is 25.4 Å². The van der Waals surface area contributed by atoms with Crippen LogP contribution in [0.25, 0.3) is 5.65 Å². The highest BCUT2D eigenvalue weighted by atomic mass is 35.7. The molecule has 96 valence electrons. The minimum atomic E-state index is -3.77. The Morgan fingerprint density at radius 3 is 2.78 bits per heavy atom. The molecule has 3 rings (SSSR count). The quantitative estimate of drug-likeness (QED) is 0.814. The standard InChI is InChI=1S/C12H13ClN2O2S/c1-2-8-4-3-7-15-11(8)14-10(9-5-6-9)12(15)18(13,16)17/h3-4,7,9H,2,5-6H2,1H3. The lowest BCUT2D eigenvalue weighted by Crippen LogP contribution is -2.00. The van der Waals surface area contributed by atoms with E-state index in [4.69, 9.17) is 10.7 Å². The third-order valence-corrected chi connectivity index (χ3v) is 4.59. The summed E-state index contributed by atoms with van der Waals surface area (Å²) >= 11 is 0. The number of aryl methyl sites for hydroxylation is 1. The smallest absolute Gasteiger partial charge is 0.279 e. The number of nitrogens with zero attached hydrogens (tertiary/aromatic N) is 2. The van der Waals surface area contributed by atoms with E-state index in [9.17, 15) is 8.42 Å². The molecular formula is C12H13ClN2O2S. The molecule has 0 saturated heterocycles. The maximum absolute atomic E-state index is 11.8. The van der Waals surface area contributed by atoms with E-state index >= 15 is 0 Å². The molecule has 0 atom stereocenters. The lowest BCUT2D eigenvalue weighted by atomic mass is 10.2. The first kappa shape index (κ1) is 12.0. The number of aromatic nitrogens is 2. The molecule has 0 unspecified atom stereocenters. The van der Waals surface area contributed by atoms with Crippen molar-refractivity contribution in [1.82, 2.24) is 9.38 Å². The SMILES string of the molecule is CCc1cccn2c(S(=O)(=O)Cl)c(C3CC3)nc12. The normalized spacial score (nSPS) is 16.3. The maximum atomic E-state index is 11.8. The first-order valence-electron chi connectivity index (χ1n) is 5.97. The zero-order chi connectivity index (χ0) is 12.9. The fourth-order valence-electron chi connectivity index (χ4n) is 2.26. The molecule has 2 aromatic rings. The highest BCUT2D eigenvalue weighted by Gasteiger charge is 2.34. The molecule has 6 heteroatoms. The van der Waals surface area contributed by atoms with Crippen LogP contribution in [-0.4, -0.2) is 17.8 Å². The number of imidazole rings is 1. The van der Waals surface area contributed by atoms with Gasteiger partial charge >= 0.3 is 0 Å². The van der Waals surface area contributed by atoms with Crippen LogP contribution >= 0.6 is 10.7 Å². The summed E-state index contributed by atoms with van der Waals surface area (Å²) in [6.07, 6.45) is 4.51. The van der Waals surface area contributed by atoms with Gasteiger partial charge < -0.3 is 0 Å². The molecule has 18 heavy (non-hydrogen) atoms. The number of fused-ring (bicyclic) bond motifs is 1. The summed E-state index contributed by atoms with van der Waals surface area (Å²) in [6, 6.07) is 3.79. The second kappa shape index (κ2) is 3.96. The Labute approximate surface area is 110 Å². The monoisotopic (exact) mass is 284 g/mol. The molecule has 0 aromatic carbocycles. The van der Waals surface area contributed by atoms with Crippen LogP contribution in [0.1, 0.15) is 36.9 Å². The molecule has 1 fully saturated rings. The Bertz CT molecular complexity index is 717. The Hall–Kier alpha value is -1.07. The lowest BCUT2D eigenvalue weighted by molar-refractivity contribution is 0.603. The number of pyridine rings is 1. The van der Waals surface area contributed by atoms with Gasteiger partial charge in [0, 0.05) is 22.8 Å². The first-order valence-corrected chi connectivity index (χ1v) is 8.27. The van der Waals surface area contributed by atoms with Crippen molar-refractivity contribution in [3.63, 3.8) is 0 Å². The van der Waals surface area contributed by atoms with E-state index in [1.165, 1.54) is 0 Å². The van der Waals surface area contributed by atoms with Gasteiger partial charge in [0.25, 0.3) is 9.05 Å². The largest absolute Gasteiger partial charge is 0.289 e. The van der Waals surface area contributed by atoms with Crippen molar-refractivity contribution in [3.05, 3.63) is 29.6 Å². The summed E-state index contributed by atoms with van der Waals surface area (Å²) in [5.74, 6) is 0.248. The van der Waals surface area contributed by atoms with Crippen molar-refractivity contribution in [2.45, 2.75) is 37.1 Å². The van der Waals surface area contributed by atoms with Crippen molar-refractivity contribution in [1.29, 1.82) is 0 Å². The number of rotatable bonds is 3. The van der Waals surface area contributed by atoms with E-state index in [0.29, 0.717) is 11.3 Å². The molecule has 1 aliphatic rings. The third-order valence-electron chi connectivity index (χ3n) is 3.29. The van der Waals surface area contributed by atoms with Crippen molar-refractivity contribution < 1.29 is 8.42 Å². The Kier molecular flexibility index (Phi) is 2.64. The second-order valence-electron chi connectivity index (χ2n) is 4.59. The molecule has 1 saturated carbocycles. The minimum absolute atomic E-state index is 0.150. The molecule has 4 nitrogen and oxygen atoms in total. The van der Waals surface area contributed by atoms with Gasteiger partial charge in [0.1, 0.15) is 5.65 Å². The summed E-state index contributed by atoms with van der Waals surface area (Å²) < 4.78 is 25.1. The van der Waals surface area contributed by atoms with Crippen LogP contribution in [0.4, 0.5) is 0 Å². The van der Waals surface area contributed by atoms with Crippen LogP contribution in [0.3, 0.4) is 0 Å². The van der Waals surface area contributed by atoms with Crippen molar-refractivity contribution in [3.8, 4) is 0 Å². The highest BCUT2D eigenvalue weighted by Crippen LogP contribution is 2.43. The second-order valence-corrected chi connectivity index (χ2v) is 7.08. The molecule has 0 N–H and O–H groups in total.